The van der Waals surface area contributed by atoms with Gasteiger partial charge >= 0.3 is 0 Å². The first-order valence-electron chi connectivity index (χ1n) is 6.92. The molecule has 1 radical (unpaired) electrons. The number of methoxy groups -OCH3 is 1. The first-order chi connectivity index (χ1) is 9.03. The van der Waals surface area contributed by atoms with E-state index in [-0.39, 0.29) is 0 Å². The van der Waals surface area contributed by atoms with Gasteiger partial charge in [0.2, 0.25) is 0 Å². The van der Waals surface area contributed by atoms with E-state index in [1.165, 1.54) is 5.92 Å². The van der Waals surface area contributed by atoms with E-state index < -0.39 is 5.60 Å². The highest BCUT2D eigenvalue weighted by atomic mass is 16.5. The van der Waals surface area contributed by atoms with Gasteiger partial charge in [-0.2, -0.15) is 0 Å². The predicted molar refractivity (Wildman–Crippen MR) is 77.2 cm³/mol. The smallest absolute Gasteiger partial charge is 0.118 e. The quantitative estimate of drug-likeness (QED) is 0.905. The van der Waals surface area contributed by atoms with Crippen LogP contribution in [0.3, 0.4) is 0 Å². The topological polar surface area (TPSA) is 32.7 Å². The molecule has 3 heteroatoms. The summed E-state index contributed by atoms with van der Waals surface area (Å²) >= 11 is 0. The van der Waals surface area contributed by atoms with Crippen molar-refractivity contribution in [2.45, 2.75) is 32.3 Å². The summed E-state index contributed by atoms with van der Waals surface area (Å²) in [4.78, 5) is 2.41. The minimum atomic E-state index is -0.676. The summed E-state index contributed by atoms with van der Waals surface area (Å²) in [5.74, 6) is 2.26. The maximum Gasteiger partial charge on any atom is 0.118 e. The molecule has 3 nitrogen and oxygen atoms in total. The Morgan fingerprint density at radius 1 is 1.21 bits per heavy atom. The van der Waals surface area contributed by atoms with E-state index in [1.54, 1.807) is 7.11 Å². The minimum absolute atomic E-state index is 0.676. The lowest BCUT2D eigenvalue weighted by Crippen LogP contribution is -2.43. The molecule has 1 aromatic carbocycles. The average Bonchev–Trinajstić information content (AvgIpc) is 2.41. The van der Waals surface area contributed by atoms with Crippen LogP contribution in [0.1, 0.15) is 32.3 Å². The van der Waals surface area contributed by atoms with Crippen molar-refractivity contribution in [2.75, 3.05) is 26.7 Å². The highest BCUT2D eigenvalue weighted by molar-refractivity contribution is 5.31. The molecule has 1 aliphatic rings. The van der Waals surface area contributed by atoms with Crippen molar-refractivity contribution in [1.82, 2.24) is 4.90 Å². The maximum atomic E-state index is 10.8. The number of aliphatic hydroxyl groups is 1. The summed E-state index contributed by atoms with van der Waals surface area (Å²) in [6.45, 7) is 7.26. The van der Waals surface area contributed by atoms with Crippen LogP contribution in [-0.2, 0) is 5.60 Å². The zero-order valence-corrected chi connectivity index (χ0v) is 12.1. The van der Waals surface area contributed by atoms with Gasteiger partial charge in [0.05, 0.1) is 12.7 Å². The van der Waals surface area contributed by atoms with Gasteiger partial charge in [-0.25, -0.2) is 0 Å². The van der Waals surface area contributed by atoms with E-state index in [1.807, 2.05) is 24.3 Å². The standard InChI is InChI=1S/C16H24NO2/c1-13(2)12-17-10-8-16(18,9-11-17)14-4-6-15(19-3)7-5-14/h4-7,18H,8-12H2,1-3H3. The third kappa shape index (κ3) is 3.48. The number of nitrogens with zero attached hydrogens (tertiary/aromatic N) is 1. The van der Waals surface area contributed by atoms with Crippen LogP contribution < -0.4 is 4.74 Å². The molecule has 0 saturated carbocycles. The van der Waals surface area contributed by atoms with Crippen LogP contribution in [0.25, 0.3) is 0 Å². The third-order valence-corrected chi connectivity index (χ3v) is 3.85. The van der Waals surface area contributed by atoms with E-state index in [2.05, 4.69) is 18.7 Å². The Labute approximate surface area is 116 Å². The number of likely N-dealkylation sites (tertiary alicyclic amines) is 1. The van der Waals surface area contributed by atoms with Gasteiger partial charge in [-0.15, -0.1) is 0 Å². The fourth-order valence-corrected chi connectivity index (χ4v) is 2.72. The fraction of sp³-hybridized carbons (Fsp3) is 0.562. The molecule has 0 aliphatic carbocycles. The van der Waals surface area contributed by atoms with Crippen LogP contribution in [0.5, 0.6) is 5.75 Å². The Balaban J connectivity index is 2.00. The van der Waals surface area contributed by atoms with Crippen LogP contribution in [0, 0.1) is 5.92 Å². The molecule has 0 unspecified atom stereocenters. The summed E-state index contributed by atoms with van der Waals surface area (Å²) in [6, 6.07) is 7.80. The second kappa shape index (κ2) is 5.93. The van der Waals surface area contributed by atoms with Crippen molar-refractivity contribution < 1.29 is 9.84 Å². The number of hydrogen-bond donors (Lipinski definition) is 1. The largest absolute Gasteiger partial charge is 0.497 e. The first-order valence-corrected chi connectivity index (χ1v) is 6.92. The molecule has 1 fully saturated rings. The van der Waals surface area contributed by atoms with Gasteiger partial charge in [0.15, 0.2) is 0 Å². The summed E-state index contributed by atoms with van der Waals surface area (Å²) in [5, 5.41) is 10.8. The molecular weight excluding hydrogens is 238 g/mol. The normalized spacial score (nSPS) is 19.6. The van der Waals surface area contributed by atoms with Gasteiger partial charge in [-0.1, -0.05) is 26.0 Å². The lowest BCUT2D eigenvalue weighted by Gasteiger charge is -2.39. The van der Waals surface area contributed by atoms with Gasteiger partial charge in [-0.05, 0) is 36.5 Å². The second-order valence-electron chi connectivity index (χ2n) is 5.74. The van der Waals surface area contributed by atoms with Crippen LogP contribution in [0.4, 0.5) is 0 Å². The lowest BCUT2D eigenvalue weighted by molar-refractivity contribution is -0.0248. The van der Waals surface area contributed by atoms with E-state index in [4.69, 9.17) is 4.74 Å². The third-order valence-electron chi connectivity index (χ3n) is 3.85. The van der Waals surface area contributed by atoms with Gasteiger partial charge in [0.25, 0.3) is 0 Å². The molecule has 105 valence electrons. The second-order valence-corrected chi connectivity index (χ2v) is 5.74. The summed E-state index contributed by atoms with van der Waals surface area (Å²) in [7, 11) is 1.66. The number of rotatable bonds is 4. The Kier molecular flexibility index (Phi) is 4.48. The van der Waals surface area contributed by atoms with Crippen molar-refractivity contribution in [3.8, 4) is 5.75 Å². The van der Waals surface area contributed by atoms with Crippen molar-refractivity contribution in [1.29, 1.82) is 0 Å². The number of ether oxygens (including phenoxy) is 1. The van der Waals surface area contributed by atoms with E-state index in [9.17, 15) is 5.11 Å². The monoisotopic (exact) mass is 262 g/mol. The van der Waals surface area contributed by atoms with Crippen LogP contribution >= 0.6 is 0 Å². The average molecular weight is 262 g/mol. The number of hydrogen-bond acceptors (Lipinski definition) is 3. The molecular formula is C16H24NO2. The van der Waals surface area contributed by atoms with Crippen molar-refractivity contribution in [3.63, 3.8) is 0 Å². The minimum Gasteiger partial charge on any atom is -0.497 e. The Morgan fingerprint density at radius 2 is 1.79 bits per heavy atom. The molecule has 1 aliphatic heterocycles. The van der Waals surface area contributed by atoms with Crippen molar-refractivity contribution in [2.24, 2.45) is 0 Å². The van der Waals surface area contributed by atoms with Gasteiger partial charge in [0.1, 0.15) is 5.75 Å². The molecule has 1 aromatic rings. The van der Waals surface area contributed by atoms with Crippen molar-refractivity contribution in [3.05, 3.63) is 35.7 Å². The first kappa shape index (κ1) is 14.4. The zero-order valence-electron chi connectivity index (χ0n) is 12.1. The van der Waals surface area contributed by atoms with Gasteiger partial charge in [0, 0.05) is 19.6 Å². The molecule has 0 spiro atoms. The SMILES string of the molecule is COc1ccc(C2(O)CCN(C[C](C)C)CC2)cc1. The Hall–Kier alpha value is -1.06. The van der Waals surface area contributed by atoms with E-state index >= 15 is 0 Å². The molecule has 2 rings (SSSR count). The van der Waals surface area contributed by atoms with Crippen LogP contribution in [0.2, 0.25) is 0 Å². The van der Waals surface area contributed by atoms with Crippen LogP contribution in [-0.4, -0.2) is 36.8 Å². The van der Waals surface area contributed by atoms with Gasteiger partial charge in [-0.3, -0.25) is 0 Å². The Morgan fingerprint density at radius 3 is 2.26 bits per heavy atom. The molecule has 0 bridgehead atoms. The maximum absolute atomic E-state index is 10.8. The molecule has 1 saturated heterocycles. The van der Waals surface area contributed by atoms with Crippen LogP contribution in [0.15, 0.2) is 24.3 Å². The molecule has 0 aromatic heterocycles. The highest BCUT2D eigenvalue weighted by Gasteiger charge is 2.33. The highest BCUT2D eigenvalue weighted by Crippen LogP contribution is 2.33. The summed E-state index contributed by atoms with van der Waals surface area (Å²) < 4.78 is 5.16. The molecule has 0 atom stereocenters. The lowest BCUT2D eigenvalue weighted by atomic mass is 9.84. The molecule has 0 amide bonds. The molecule has 19 heavy (non-hydrogen) atoms. The summed E-state index contributed by atoms with van der Waals surface area (Å²) in [5.41, 5.74) is 0.329. The predicted octanol–water partition coefficient (Wildman–Crippen LogP) is 2.59. The van der Waals surface area contributed by atoms with Crippen molar-refractivity contribution >= 4 is 0 Å². The van der Waals surface area contributed by atoms with E-state index in [0.717, 1.165) is 43.8 Å². The molecule has 1 N–H and O–H groups in total. The Bertz CT molecular complexity index is 392. The fourth-order valence-electron chi connectivity index (χ4n) is 2.72. The summed E-state index contributed by atoms with van der Waals surface area (Å²) in [6.07, 6.45) is 1.60. The zero-order chi connectivity index (χ0) is 13.9. The number of benzene rings is 1. The molecule has 1 heterocycles. The van der Waals surface area contributed by atoms with E-state index in [0.29, 0.717) is 0 Å². The number of piperidine rings is 1. The van der Waals surface area contributed by atoms with Gasteiger partial charge < -0.3 is 14.7 Å².